The van der Waals surface area contributed by atoms with Crippen LogP contribution in [0.2, 0.25) is 0 Å². The Labute approximate surface area is 254 Å². The highest BCUT2D eigenvalue weighted by Gasteiger charge is 2.35. The van der Waals surface area contributed by atoms with Crippen LogP contribution in [-0.2, 0) is 12.8 Å². The van der Waals surface area contributed by atoms with Gasteiger partial charge in [-0.3, -0.25) is 4.79 Å². The van der Waals surface area contributed by atoms with Gasteiger partial charge in [0, 0.05) is 32.5 Å². The number of rotatable bonds is 13. The summed E-state index contributed by atoms with van der Waals surface area (Å²) in [6.45, 7) is 9.99. The van der Waals surface area contributed by atoms with Crippen molar-refractivity contribution in [1.29, 1.82) is 0 Å². The van der Waals surface area contributed by atoms with Crippen LogP contribution in [0.25, 0.3) is 0 Å². The smallest absolute Gasteiger partial charge is 0.174 e. The first-order valence-corrected chi connectivity index (χ1v) is 14.8. The van der Waals surface area contributed by atoms with Crippen LogP contribution >= 0.6 is 23.2 Å². The molecule has 226 valence electrons. The number of methoxy groups -OCH3 is 3. The Morgan fingerprint density at radius 2 is 1.68 bits per heavy atom. The zero-order valence-corrected chi connectivity index (χ0v) is 27.1. The summed E-state index contributed by atoms with van der Waals surface area (Å²) >= 11 is 12.8. The van der Waals surface area contributed by atoms with Gasteiger partial charge in [0.05, 0.1) is 27.8 Å². The van der Waals surface area contributed by atoms with Crippen molar-refractivity contribution >= 4 is 29.0 Å². The van der Waals surface area contributed by atoms with Crippen molar-refractivity contribution < 1.29 is 28.8 Å². The third-order valence-electron chi connectivity index (χ3n) is 7.45. The number of allylic oxidation sites excluding steroid dienone is 2. The number of ketones is 1. The molecule has 0 aromatic heterocycles. The first-order chi connectivity index (χ1) is 19.2. The molecule has 0 saturated heterocycles. The molecule has 0 bridgehead atoms. The van der Waals surface area contributed by atoms with Crippen LogP contribution in [0.3, 0.4) is 0 Å². The first kappa shape index (κ1) is 32.9. The molecular formula is C33H44Cl2O6. The number of hydrogen-bond acceptors (Lipinski definition) is 6. The highest BCUT2D eigenvalue weighted by Crippen LogP contribution is 2.47. The lowest BCUT2D eigenvalue weighted by atomic mass is 9.89. The molecule has 0 unspecified atom stereocenters. The van der Waals surface area contributed by atoms with Crippen molar-refractivity contribution in [2.45, 2.75) is 95.4 Å². The third-order valence-corrected chi connectivity index (χ3v) is 7.82. The zero-order valence-electron chi connectivity index (χ0n) is 25.6. The molecule has 0 amide bonds. The van der Waals surface area contributed by atoms with E-state index in [1.54, 1.807) is 14.2 Å². The molecule has 0 aliphatic carbocycles. The first-order valence-electron chi connectivity index (χ1n) is 14.1. The number of carbonyl (C=O) groups excluding carboxylic acids is 1. The van der Waals surface area contributed by atoms with Gasteiger partial charge in [-0.05, 0) is 79.2 Å². The maximum Gasteiger partial charge on any atom is 0.174 e. The topological polar surface area (TPSA) is 74.2 Å². The number of hydrogen-bond donors (Lipinski definition) is 1. The standard InChI is InChI=1S/C33H44Cl2O6/c1-20(10-9-16-32(2,3)34)11-12-22-21(13-14-26(38-6)30(22)39-7)27-19-25(37)29-28(41-27)18-24(36)23(31(29)40-8)15-17-33(4,5)35/h11,13-14,18,27,36H,9-10,12,15-17,19H2,1-8H3/b20-11+/t27-/m0/s1. The van der Waals surface area contributed by atoms with E-state index in [1.165, 1.54) is 18.7 Å². The van der Waals surface area contributed by atoms with Gasteiger partial charge in [-0.25, -0.2) is 0 Å². The van der Waals surface area contributed by atoms with Gasteiger partial charge in [0.15, 0.2) is 17.3 Å². The zero-order chi connectivity index (χ0) is 30.5. The van der Waals surface area contributed by atoms with Crippen molar-refractivity contribution in [3.8, 4) is 28.7 Å². The van der Waals surface area contributed by atoms with Gasteiger partial charge in [0.1, 0.15) is 28.9 Å². The monoisotopic (exact) mass is 606 g/mol. The van der Waals surface area contributed by atoms with E-state index in [0.717, 1.165) is 30.4 Å². The molecule has 0 saturated carbocycles. The van der Waals surface area contributed by atoms with Gasteiger partial charge in [-0.15, -0.1) is 23.2 Å². The molecule has 1 N–H and O–H groups in total. The van der Waals surface area contributed by atoms with Crippen LogP contribution < -0.4 is 18.9 Å². The van der Waals surface area contributed by atoms with Gasteiger partial charge in [-0.2, -0.15) is 0 Å². The molecule has 2 aromatic rings. The molecule has 6 nitrogen and oxygen atoms in total. The molecular weight excluding hydrogens is 563 g/mol. The van der Waals surface area contributed by atoms with Gasteiger partial charge in [-0.1, -0.05) is 17.7 Å². The van der Waals surface area contributed by atoms with Crippen LogP contribution in [0.1, 0.15) is 99.9 Å². The van der Waals surface area contributed by atoms with Crippen molar-refractivity contribution in [3.05, 3.63) is 52.1 Å². The number of halogens is 2. The van der Waals surface area contributed by atoms with E-state index in [1.807, 2.05) is 39.8 Å². The Kier molecular flexibility index (Phi) is 10.9. The van der Waals surface area contributed by atoms with Crippen LogP contribution in [-0.4, -0.2) is 42.0 Å². The lowest BCUT2D eigenvalue weighted by Gasteiger charge is -2.30. The van der Waals surface area contributed by atoms with E-state index in [9.17, 15) is 9.90 Å². The van der Waals surface area contributed by atoms with Crippen LogP contribution in [0.5, 0.6) is 28.7 Å². The number of benzene rings is 2. The molecule has 1 heterocycles. The van der Waals surface area contributed by atoms with Crippen molar-refractivity contribution in [3.63, 3.8) is 0 Å². The maximum absolute atomic E-state index is 13.6. The second kappa shape index (κ2) is 13.6. The fourth-order valence-corrected chi connectivity index (χ4v) is 5.46. The Hall–Kier alpha value is -2.57. The average Bonchev–Trinajstić information content (AvgIpc) is 2.88. The predicted molar refractivity (Wildman–Crippen MR) is 166 cm³/mol. The van der Waals surface area contributed by atoms with Crippen molar-refractivity contribution in [2.24, 2.45) is 0 Å². The molecule has 2 aromatic carbocycles. The molecule has 0 fully saturated rings. The number of carbonyl (C=O) groups is 1. The van der Waals surface area contributed by atoms with E-state index >= 15 is 0 Å². The predicted octanol–water partition coefficient (Wildman–Crippen LogP) is 8.75. The summed E-state index contributed by atoms with van der Waals surface area (Å²) in [4.78, 5) is 12.9. The summed E-state index contributed by atoms with van der Waals surface area (Å²) in [6.07, 6.45) is 6.21. The summed E-state index contributed by atoms with van der Waals surface area (Å²) in [7, 11) is 4.71. The number of fused-ring (bicyclic) bond motifs is 1. The minimum Gasteiger partial charge on any atom is -0.507 e. The highest BCUT2D eigenvalue weighted by molar-refractivity contribution is 6.23. The molecule has 41 heavy (non-hydrogen) atoms. The number of phenolic OH excluding ortho intramolecular Hbond substituents is 1. The molecule has 1 atom stereocenters. The summed E-state index contributed by atoms with van der Waals surface area (Å²) < 4.78 is 23.5. The lowest BCUT2D eigenvalue weighted by molar-refractivity contribution is 0.0842. The normalized spacial score (nSPS) is 15.8. The Balaban J connectivity index is 1.98. The average molecular weight is 608 g/mol. The highest BCUT2D eigenvalue weighted by atomic mass is 35.5. The van der Waals surface area contributed by atoms with Crippen molar-refractivity contribution in [1.82, 2.24) is 0 Å². The number of phenols is 1. The second-order valence-electron chi connectivity index (χ2n) is 11.9. The summed E-state index contributed by atoms with van der Waals surface area (Å²) in [6, 6.07) is 5.27. The van der Waals surface area contributed by atoms with Gasteiger partial charge < -0.3 is 24.1 Å². The van der Waals surface area contributed by atoms with E-state index < -0.39 is 11.0 Å². The Bertz CT molecular complexity index is 1270. The third kappa shape index (κ3) is 8.48. The molecule has 1 aliphatic heterocycles. The maximum atomic E-state index is 13.6. The molecule has 0 radical (unpaired) electrons. The van der Waals surface area contributed by atoms with Gasteiger partial charge in [0.2, 0.25) is 0 Å². The summed E-state index contributed by atoms with van der Waals surface area (Å²) in [5, 5.41) is 10.9. The number of Topliss-reactive ketones (excluding diaryl/α,β-unsaturated/α-hetero) is 1. The molecule has 8 heteroatoms. The quantitative estimate of drug-likeness (QED) is 0.181. The van der Waals surface area contributed by atoms with E-state index in [4.69, 9.17) is 42.1 Å². The Morgan fingerprint density at radius 3 is 2.27 bits per heavy atom. The largest absolute Gasteiger partial charge is 0.507 e. The van der Waals surface area contributed by atoms with Crippen LogP contribution in [0.4, 0.5) is 0 Å². The minimum absolute atomic E-state index is 0.0150. The van der Waals surface area contributed by atoms with Crippen molar-refractivity contribution in [2.75, 3.05) is 21.3 Å². The number of ether oxygens (including phenoxy) is 4. The van der Waals surface area contributed by atoms with Crippen LogP contribution in [0, 0.1) is 0 Å². The van der Waals surface area contributed by atoms with E-state index in [-0.39, 0.29) is 22.8 Å². The van der Waals surface area contributed by atoms with E-state index in [2.05, 4.69) is 13.0 Å². The summed E-state index contributed by atoms with van der Waals surface area (Å²) in [5.74, 6) is 1.75. The lowest BCUT2D eigenvalue weighted by Crippen LogP contribution is -2.23. The van der Waals surface area contributed by atoms with Gasteiger partial charge >= 0.3 is 0 Å². The SMILES string of the molecule is COc1ccc([C@@H]2CC(=O)c3c(cc(O)c(CCC(C)(C)Cl)c3OC)O2)c(C/C=C(\C)CCCC(C)(C)Cl)c1OC. The number of alkyl halides is 2. The minimum atomic E-state index is -0.577. The second-order valence-corrected chi connectivity index (χ2v) is 14.0. The van der Waals surface area contributed by atoms with Gasteiger partial charge in [0.25, 0.3) is 0 Å². The fraction of sp³-hybridized carbons (Fsp3) is 0.545. The molecule has 0 spiro atoms. The Morgan fingerprint density at radius 1 is 1.02 bits per heavy atom. The van der Waals surface area contributed by atoms with Crippen LogP contribution in [0.15, 0.2) is 29.8 Å². The molecule has 1 aliphatic rings. The number of aromatic hydroxyl groups is 1. The van der Waals surface area contributed by atoms with E-state index in [0.29, 0.717) is 53.4 Å². The summed E-state index contributed by atoms with van der Waals surface area (Å²) in [5.41, 5.74) is 3.88. The molecule has 3 rings (SSSR count). The fourth-order valence-electron chi connectivity index (χ4n) is 5.23.